The molecule has 0 amide bonds. The molecule has 0 unspecified atom stereocenters. The second kappa shape index (κ2) is 8.98. The highest BCUT2D eigenvalue weighted by molar-refractivity contribution is 7.20. The summed E-state index contributed by atoms with van der Waals surface area (Å²) in [6.45, 7) is 3.65. The van der Waals surface area contributed by atoms with Crippen LogP contribution < -0.4 is 10.3 Å². The Kier molecular flexibility index (Phi) is 5.95. The molecular weight excluding hydrogens is 434 g/mol. The lowest BCUT2D eigenvalue weighted by Crippen LogP contribution is -2.17. The molecule has 1 aromatic carbocycles. The molecule has 0 spiro atoms. The number of hydrogen-bond donors (Lipinski definition) is 0. The first-order chi connectivity index (χ1) is 15.5. The van der Waals surface area contributed by atoms with Crippen LogP contribution in [-0.2, 0) is 4.74 Å². The highest BCUT2D eigenvalue weighted by Crippen LogP contribution is 2.27. The first-order valence-corrected chi connectivity index (χ1v) is 10.4. The molecule has 0 aliphatic carbocycles. The van der Waals surface area contributed by atoms with Crippen LogP contribution in [0.2, 0.25) is 0 Å². The summed E-state index contributed by atoms with van der Waals surface area (Å²) in [6, 6.07) is 9.67. The van der Waals surface area contributed by atoms with E-state index in [0.29, 0.717) is 32.0 Å². The van der Waals surface area contributed by atoms with Crippen molar-refractivity contribution in [2.75, 3.05) is 6.61 Å². The first-order valence-electron chi connectivity index (χ1n) is 9.56. The fourth-order valence-corrected chi connectivity index (χ4v) is 3.92. The highest BCUT2D eigenvalue weighted by atomic mass is 32.1. The summed E-state index contributed by atoms with van der Waals surface area (Å²) in [6.07, 6.45) is 4.16. The van der Waals surface area contributed by atoms with Crippen LogP contribution >= 0.6 is 11.3 Å². The number of carbonyl (C=O) groups excluding carboxylic acids is 2. The number of ether oxygens (including phenoxy) is 2. The van der Waals surface area contributed by atoms with Crippen LogP contribution in [0.15, 0.2) is 63.3 Å². The zero-order valence-electron chi connectivity index (χ0n) is 17.1. The molecule has 162 valence electrons. The lowest BCUT2D eigenvalue weighted by atomic mass is 10.2. The molecule has 10 heteroatoms. The Bertz CT molecular complexity index is 1370. The number of esters is 2. The average molecular weight is 451 g/mol. The van der Waals surface area contributed by atoms with E-state index in [1.165, 1.54) is 24.9 Å². The van der Waals surface area contributed by atoms with Crippen LogP contribution in [0.4, 0.5) is 0 Å². The summed E-state index contributed by atoms with van der Waals surface area (Å²) in [5.74, 6) is -0.636. The standard InChI is InChI=1S/C22H17N3O6S/c1-3-29-22(28)18-13(2)17-19(32-18)23-12-25(20(17)26)24-11-14-6-8-15(9-7-14)31-21(27)16-5-4-10-30-16/h4-12H,3H2,1-2H3. The predicted octanol–water partition coefficient (Wildman–Crippen LogP) is 3.64. The number of carbonyl (C=O) groups is 2. The Morgan fingerprint density at radius 1 is 1.22 bits per heavy atom. The van der Waals surface area contributed by atoms with Gasteiger partial charge in [0.15, 0.2) is 0 Å². The van der Waals surface area contributed by atoms with Crippen LogP contribution in [0.5, 0.6) is 5.75 Å². The topological polar surface area (TPSA) is 113 Å². The monoisotopic (exact) mass is 451 g/mol. The summed E-state index contributed by atoms with van der Waals surface area (Å²) in [4.78, 5) is 41.9. The van der Waals surface area contributed by atoms with E-state index in [4.69, 9.17) is 13.9 Å². The van der Waals surface area contributed by atoms with Gasteiger partial charge in [0.05, 0.1) is 24.5 Å². The molecule has 3 heterocycles. The fraction of sp³-hybridized carbons (Fsp3) is 0.136. The van der Waals surface area contributed by atoms with Crippen molar-refractivity contribution in [1.82, 2.24) is 9.66 Å². The average Bonchev–Trinajstić information content (AvgIpc) is 3.43. The molecule has 9 nitrogen and oxygen atoms in total. The number of nitrogens with zero attached hydrogens (tertiary/aromatic N) is 3. The van der Waals surface area contributed by atoms with Gasteiger partial charge in [-0.1, -0.05) is 0 Å². The van der Waals surface area contributed by atoms with E-state index in [0.717, 1.165) is 16.0 Å². The smallest absolute Gasteiger partial charge is 0.379 e. The van der Waals surface area contributed by atoms with Gasteiger partial charge in [0.2, 0.25) is 5.76 Å². The Hall–Kier alpha value is -4.05. The number of aromatic nitrogens is 2. The maximum atomic E-state index is 12.8. The van der Waals surface area contributed by atoms with Gasteiger partial charge in [-0.3, -0.25) is 4.79 Å². The quantitative estimate of drug-likeness (QED) is 0.250. The third kappa shape index (κ3) is 4.21. The Morgan fingerprint density at radius 2 is 2.00 bits per heavy atom. The van der Waals surface area contributed by atoms with Gasteiger partial charge < -0.3 is 13.9 Å². The van der Waals surface area contributed by atoms with Gasteiger partial charge in [0.1, 0.15) is 21.8 Å². The minimum atomic E-state index is -0.601. The normalized spacial score (nSPS) is 11.2. The van der Waals surface area contributed by atoms with Crippen LogP contribution in [0.25, 0.3) is 10.2 Å². The molecule has 0 radical (unpaired) electrons. The molecule has 32 heavy (non-hydrogen) atoms. The number of benzene rings is 1. The Labute approximate surface area is 185 Å². The van der Waals surface area contributed by atoms with E-state index in [2.05, 4.69) is 10.1 Å². The van der Waals surface area contributed by atoms with Crippen molar-refractivity contribution in [3.05, 3.63) is 81.1 Å². The SMILES string of the molecule is CCOC(=O)c1sc2ncn(N=Cc3ccc(OC(=O)c4ccco4)cc3)c(=O)c2c1C. The zero-order chi connectivity index (χ0) is 22.7. The molecule has 0 saturated carbocycles. The van der Waals surface area contributed by atoms with Crippen molar-refractivity contribution in [3.63, 3.8) is 0 Å². The molecule has 0 aliphatic rings. The van der Waals surface area contributed by atoms with E-state index in [9.17, 15) is 14.4 Å². The number of furan rings is 1. The Balaban J connectivity index is 1.54. The molecule has 4 aromatic rings. The summed E-state index contributed by atoms with van der Waals surface area (Å²) in [5.41, 5.74) is 0.803. The van der Waals surface area contributed by atoms with Crippen molar-refractivity contribution in [1.29, 1.82) is 0 Å². The van der Waals surface area contributed by atoms with Gasteiger partial charge in [-0.05, 0) is 61.4 Å². The van der Waals surface area contributed by atoms with Crippen LogP contribution in [0.3, 0.4) is 0 Å². The van der Waals surface area contributed by atoms with E-state index in [1.807, 2.05) is 0 Å². The van der Waals surface area contributed by atoms with Gasteiger partial charge in [-0.2, -0.15) is 9.78 Å². The maximum absolute atomic E-state index is 12.8. The van der Waals surface area contributed by atoms with Gasteiger partial charge in [-0.25, -0.2) is 14.6 Å². The lowest BCUT2D eigenvalue weighted by Gasteiger charge is -2.02. The van der Waals surface area contributed by atoms with Crippen molar-refractivity contribution < 1.29 is 23.5 Å². The van der Waals surface area contributed by atoms with E-state index >= 15 is 0 Å². The summed E-state index contributed by atoms with van der Waals surface area (Å²) in [5, 5.41) is 4.50. The van der Waals surface area contributed by atoms with Crippen molar-refractivity contribution in [3.8, 4) is 5.75 Å². The summed E-state index contributed by atoms with van der Waals surface area (Å²) < 4.78 is 16.3. The highest BCUT2D eigenvalue weighted by Gasteiger charge is 2.20. The predicted molar refractivity (Wildman–Crippen MR) is 118 cm³/mol. The van der Waals surface area contributed by atoms with Crippen LogP contribution in [0.1, 0.15) is 38.3 Å². The van der Waals surface area contributed by atoms with Crippen molar-refractivity contribution >= 4 is 39.7 Å². The third-order valence-electron chi connectivity index (χ3n) is 4.44. The number of fused-ring (bicyclic) bond motifs is 1. The number of thiophene rings is 1. The summed E-state index contributed by atoms with van der Waals surface area (Å²) in [7, 11) is 0. The second-order valence-electron chi connectivity index (χ2n) is 6.53. The fourth-order valence-electron chi connectivity index (χ4n) is 2.89. The first kappa shape index (κ1) is 21.2. The minimum absolute atomic E-state index is 0.104. The van der Waals surface area contributed by atoms with Gasteiger partial charge in [0, 0.05) is 0 Å². The molecule has 0 aliphatic heterocycles. The molecule has 0 bridgehead atoms. The molecule has 0 N–H and O–H groups in total. The third-order valence-corrected chi connectivity index (χ3v) is 5.62. The molecule has 3 aromatic heterocycles. The van der Waals surface area contributed by atoms with Gasteiger partial charge in [0.25, 0.3) is 5.56 Å². The number of hydrogen-bond acceptors (Lipinski definition) is 9. The largest absolute Gasteiger partial charge is 0.462 e. The van der Waals surface area contributed by atoms with E-state index < -0.39 is 11.9 Å². The Morgan fingerprint density at radius 3 is 2.69 bits per heavy atom. The van der Waals surface area contributed by atoms with E-state index in [1.54, 1.807) is 44.2 Å². The van der Waals surface area contributed by atoms with Crippen LogP contribution in [0, 0.1) is 6.92 Å². The van der Waals surface area contributed by atoms with Gasteiger partial charge in [-0.15, -0.1) is 11.3 Å². The number of rotatable bonds is 6. The van der Waals surface area contributed by atoms with Crippen molar-refractivity contribution in [2.24, 2.45) is 5.10 Å². The van der Waals surface area contributed by atoms with Gasteiger partial charge >= 0.3 is 11.9 Å². The molecule has 0 atom stereocenters. The molecular formula is C22H17N3O6S. The molecule has 0 fully saturated rings. The lowest BCUT2D eigenvalue weighted by molar-refractivity contribution is 0.0531. The number of aryl methyl sites for hydroxylation is 1. The molecule has 4 rings (SSSR count). The maximum Gasteiger partial charge on any atom is 0.379 e. The van der Waals surface area contributed by atoms with Crippen molar-refractivity contribution in [2.45, 2.75) is 13.8 Å². The molecule has 0 saturated heterocycles. The van der Waals surface area contributed by atoms with E-state index in [-0.39, 0.29) is 17.9 Å². The second-order valence-corrected chi connectivity index (χ2v) is 7.53. The van der Waals surface area contributed by atoms with Crippen LogP contribution in [-0.4, -0.2) is 34.4 Å². The minimum Gasteiger partial charge on any atom is -0.462 e. The zero-order valence-corrected chi connectivity index (χ0v) is 17.9. The summed E-state index contributed by atoms with van der Waals surface area (Å²) >= 11 is 1.12.